The summed E-state index contributed by atoms with van der Waals surface area (Å²) in [5.74, 6) is 0.876. The van der Waals surface area contributed by atoms with Gasteiger partial charge in [0.1, 0.15) is 6.54 Å². The highest BCUT2D eigenvalue weighted by molar-refractivity contribution is 7.92. The van der Waals surface area contributed by atoms with Crippen molar-refractivity contribution in [1.82, 2.24) is 5.32 Å². The van der Waals surface area contributed by atoms with Crippen molar-refractivity contribution in [3.05, 3.63) is 52.0 Å². The molecule has 1 N–H and O–H groups in total. The number of carbonyl (C=O) groups excluding carboxylic acids is 1. The first-order valence-electron chi connectivity index (χ1n) is 9.06. The van der Waals surface area contributed by atoms with Crippen LogP contribution in [-0.4, -0.2) is 47.9 Å². The number of aryl methyl sites for hydroxylation is 1. The Labute approximate surface area is 186 Å². The fourth-order valence-corrected chi connectivity index (χ4v) is 3.92. The molecule has 1 amide bonds. The van der Waals surface area contributed by atoms with Crippen molar-refractivity contribution in [1.29, 1.82) is 0 Å². The fourth-order valence-electron chi connectivity index (χ4n) is 2.78. The van der Waals surface area contributed by atoms with Gasteiger partial charge >= 0.3 is 0 Å². The molecule has 0 aliphatic rings. The molecule has 2 rings (SSSR count). The third-order valence-corrected chi connectivity index (χ3v) is 6.17. The lowest BCUT2D eigenvalue weighted by Gasteiger charge is -2.22. The van der Waals surface area contributed by atoms with Crippen molar-refractivity contribution < 1.29 is 22.7 Å². The summed E-state index contributed by atoms with van der Waals surface area (Å²) in [6.45, 7) is 0.0410. The van der Waals surface area contributed by atoms with Gasteiger partial charge in [-0.1, -0.05) is 29.3 Å². The second-order valence-corrected chi connectivity index (χ2v) is 9.23. The van der Waals surface area contributed by atoms with Crippen molar-refractivity contribution in [2.75, 3.05) is 37.9 Å². The minimum atomic E-state index is -3.69. The van der Waals surface area contributed by atoms with Gasteiger partial charge in [0.2, 0.25) is 15.9 Å². The summed E-state index contributed by atoms with van der Waals surface area (Å²) >= 11 is 11.9. The highest BCUT2D eigenvalue weighted by Crippen LogP contribution is 2.29. The van der Waals surface area contributed by atoms with E-state index in [4.69, 9.17) is 32.7 Å². The van der Waals surface area contributed by atoms with E-state index in [1.54, 1.807) is 14.2 Å². The van der Waals surface area contributed by atoms with Crippen molar-refractivity contribution in [2.45, 2.75) is 12.8 Å². The number of amides is 1. The number of nitrogens with one attached hydrogen (secondary N) is 1. The molecular formula is C20H24Cl2N2O5S. The van der Waals surface area contributed by atoms with Crippen molar-refractivity contribution >= 4 is 44.8 Å². The Morgan fingerprint density at radius 1 is 1.03 bits per heavy atom. The Bertz CT molecular complexity index is 999. The molecule has 30 heavy (non-hydrogen) atoms. The standard InChI is InChI=1S/C20H24Cl2N2O5S/c1-28-18-9-6-14(11-19(18)29-2)5-4-10-23-20(25)13-24(30(3,26)27)15-7-8-16(21)17(22)12-15/h6-9,11-12H,4-5,10,13H2,1-3H3,(H,23,25). The molecule has 0 aliphatic heterocycles. The van der Waals surface area contributed by atoms with Crippen LogP contribution in [0.3, 0.4) is 0 Å². The number of hydrogen-bond donors (Lipinski definition) is 1. The number of benzene rings is 2. The summed E-state index contributed by atoms with van der Waals surface area (Å²) in [5, 5.41) is 3.25. The van der Waals surface area contributed by atoms with Gasteiger partial charge in [0.05, 0.1) is 36.2 Å². The van der Waals surface area contributed by atoms with Crippen LogP contribution >= 0.6 is 23.2 Å². The zero-order chi connectivity index (χ0) is 22.3. The minimum absolute atomic E-state index is 0.207. The number of methoxy groups -OCH3 is 2. The molecule has 0 atom stereocenters. The molecule has 0 aliphatic carbocycles. The van der Waals surface area contributed by atoms with Crippen molar-refractivity contribution in [3.8, 4) is 11.5 Å². The molecule has 0 bridgehead atoms. The van der Waals surface area contributed by atoms with E-state index in [-0.39, 0.29) is 17.3 Å². The zero-order valence-corrected chi connectivity index (χ0v) is 19.3. The van der Waals surface area contributed by atoms with Crippen LogP contribution in [0, 0.1) is 0 Å². The third kappa shape index (κ3) is 6.68. The second kappa shape index (κ2) is 10.7. The molecule has 2 aromatic rings. The van der Waals surface area contributed by atoms with Gasteiger partial charge in [-0.15, -0.1) is 0 Å². The molecule has 0 saturated carbocycles. The van der Waals surface area contributed by atoms with Crippen LogP contribution in [0.2, 0.25) is 10.0 Å². The first kappa shape index (κ1) is 24.1. The molecule has 0 saturated heterocycles. The number of nitrogens with zero attached hydrogens (tertiary/aromatic N) is 1. The number of rotatable bonds is 10. The summed E-state index contributed by atoms with van der Waals surface area (Å²) in [7, 11) is -0.539. The Morgan fingerprint density at radius 3 is 2.33 bits per heavy atom. The number of hydrogen-bond acceptors (Lipinski definition) is 5. The largest absolute Gasteiger partial charge is 0.493 e. The number of sulfonamides is 1. The predicted molar refractivity (Wildman–Crippen MR) is 120 cm³/mol. The first-order valence-corrected chi connectivity index (χ1v) is 11.7. The van der Waals surface area contributed by atoms with E-state index in [1.165, 1.54) is 18.2 Å². The molecule has 0 radical (unpaired) electrons. The van der Waals surface area contributed by atoms with Gasteiger partial charge in [0.15, 0.2) is 11.5 Å². The van der Waals surface area contributed by atoms with Gasteiger partial charge < -0.3 is 14.8 Å². The van der Waals surface area contributed by atoms with Crippen molar-refractivity contribution in [2.24, 2.45) is 0 Å². The van der Waals surface area contributed by atoms with Gasteiger partial charge in [-0.3, -0.25) is 9.10 Å². The first-order chi connectivity index (χ1) is 14.2. The van der Waals surface area contributed by atoms with E-state index >= 15 is 0 Å². The Kier molecular flexibility index (Phi) is 8.64. The molecule has 7 nitrogen and oxygen atoms in total. The highest BCUT2D eigenvalue weighted by Gasteiger charge is 2.21. The van der Waals surface area contributed by atoms with Gasteiger partial charge in [-0.2, -0.15) is 0 Å². The lowest BCUT2D eigenvalue weighted by molar-refractivity contribution is -0.119. The average molecular weight is 475 g/mol. The zero-order valence-electron chi connectivity index (χ0n) is 16.9. The van der Waals surface area contributed by atoms with Crippen LogP contribution in [0.15, 0.2) is 36.4 Å². The van der Waals surface area contributed by atoms with Crippen LogP contribution < -0.4 is 19.1 Å². The lowest BCUT2D eigenvalue weighted by atomic mass is 10.1. The van der Waals surface area contributed by atoms with E-state index in [2.05, 4.69) is 5.32 Å². The Morgan fingerprint density at radius 2 is 1.73 bits per heavy atom. The lowest BCUT2D eigenvalue weighted by Crippen LogP contribution is -2.40. The summed E-state index contributed by atoms with van der Waals surface area (Å²) < 4.78 is 35.8. The summed E-state index contributed by atoms with van der Waals surface area (Å²) in [4.78, 5) is 12.3. The number of ether oxygens (including phenoxy) is 2. The molecule has 10 heteroatoms. The second-order valence-electron chi connectivity index (χ2n) is 6.51. The monoisotopic (exact) mass is 474 g/mol. The number of carbonyl (C=O) groups is 1. The van der Waals surface area contributed by atoms with E-state index in [1.807, 2.05) is 18.2 Å². The van der Waals surface area contributed by atoms with E-state index in [0.717, 1.165) is 16.1 Å². The van der Waals surface area contributed by atoms with Crippen LogP contribution in [-0.2, 0) is 21.2 Å². The van der Waals surface area contributed by atoms with Gasteiger partial charge in [-0.25, -0.2) is 8.42 Å². The molecule has 0 heterocycles. The smallest absolute Gasteiger partial charge is 0.240 e. The van der Waals surface area contributed by atoms with Gasteiger partial charge in [-0.05, 0) is 48.7 Å². The van der Waals surface area contributed by atoms with Gasteiger partial charge in [0, 0.05) is 6.54 Å². The average Bonchev–Trinajstić information content (AvgIpc) is 2.70. The van der Waals surface area contributed by atoms with Crippen LogP contribution in [0.1, 0.15) is 12.0 Å². The quantitative estimate of drug-likeness (QED) is 0.532. The SMILES string of the molecule is COc1ccc(CCCNC(=O)CN(c2ccc(Cl)c(Cl)c2)S(C)(=O)=O)cc1OC. The topological polar surface area (TPSA) is 84.9 Å². The van der Waals surface area contributed by atoms with Crippen LogP contribution in [0.25, 0.3) is 0 Å². The molecule has 0 unspecified atom stereocenters. The van der Waals surface area contributed by atoms with Crippen molar-refractivity contribution in [3.63, 3.8) is 0 Å². The number of anilines is 1. The van der Waals surface area contributed by atoms with Crippen LogP contribution in [0.4, 0.5) is 5.69 Å². The molecule has 0 fully saturated rings. The van der Waals surface area contributed by atoms with E-state index in [9.17, 15) is 13.2 Å². The van der Waals surface area contributed by atoms with Crippen LogP contribution in [0.5, 0.6) is 11.5 Å². The summed E-state index contributed by atoms with van der Waals surface area (Å²) in [5.41, 5.74) is 1.31. The molecule has 2 aromatic carbocycles. The third-order valence-electron chi connectivity index (χ3n) is 4.29. The highest BCUT2D eigenvalue weighted by atomic mass is 35.5. The maximum absolute atomic E-state index is 12.3. The molecule has 0 aromatic heterocycles. The number of halogens is 2. The molecule has 164 valence electrons. The van der Waals surface area contributed by atoms with E-state index in [0.29, 0.717) is 35.9 Å². The predicted octanol–water partition coefficient (Wildman–Crippen LogP) is 3.53. The molecule has 0 spiro atoms. The minimum Gasteiger partial charge on any atom is -0.493 e. The summed E-state index contributed by atoms with van der Waals surface area (Å²) in [6, 6.07) is 10.0. The maximum atomic E-state index is 12.3. The van der Waals surface area contributed by atoms with E-state index < -0.39 is 15.9 Å². The Balaban J connectivity index is 1.92. The molecular weight excluding hydrogens is 451 g/mol. The normalized spacial score (nSPS) is 11.1. The fraction of sp³-hybridized carbons (Fsp3) is 0.350. The van der Waals surface area contributed by atoms with Gasteiger partial charge in [0.25, 0.3) is 0 Å². The summed E-state index contributed by atoms with van der Waals surface area (Å²) in [6.07, 6.45) is 2.41. The Hall–Kier alpha value is -2.16. The maximum Gasteiger partial charge on any atom is 0.240 e.